The first-order chi connectivity index (χ1) is 12.2. The average Bonchev–Trinajstić information content (AvgIpc) is 2.66. The summed E-state index contributed by atoms with van der Waals surface area (Å²) in [5, 5.41) is 12.3. The van der Waals surface area contributed by atoms with Crippen LogP contribution in [0.4, 0.5) is 4.79 Å². The average molecular weight is 345 g/mol. The molecule has 25 heavy (non-hydrogen) atoms. The second-order valence-corrected chi connectivity index (χ2v) is 5.46. The highest BCUT2D eigenvalue weighted by atomic mass is 16.5. The third-order valence-corrected chi connectivity index (χ3v) is 3.43. The molecular weight excluding hydrogens is 322 g/mol. The van der Waals surface area contributed by atoms with Gasteiger partial charge in [-0.2, -0.15) is 0 Å². The highest BCUT2D eigenvalue weighted by Crippen LogP contribution is 2.11. The second-order valence-electron chi connectivity index (χ2n) is 5.46. The summed E-state index contributed by atoms with van der Waals surface area (Å²) in [6.07, 6.45) is -1.37. The quantitative estimate of drug-likeness (QED) is 0.730. The molecule has 1 atom stereocenters. The Balaban J connectivity index is 1.58. The molecule has 2 N–H and O–H groups in total. The summed E-state index contributed by atoms with van der Waals surface area (Å²) in [5.74, 6) is 0.780. The van der Waals surface area contributed by atoms with Gasteiger partial charge in [-0.3, -0.25) is 0 Å². The van der Waals surface area contributed by atoms with Crippen LogP contribution in [0, 0.1) is 0 Å². The van der Waals surface area contributed by atoms with Gasteiger partial charge in [-0.1, -0.05) is 42.5 Å². The normalized spacial score (nSPS) is 11.6. The molecule has 1 unspecified atom stereocenters. The van der Waals surface area contributed by atoms with E-state index < -0.39 is 12.2 Å². The fourth-order valence-corrected chi connectivity index (χ4v) is 2.07. The van der Waals surface area contributed by atoms with E-state index in [4.69, 9.17) is 14.2 Å². The fourth-order valence-electron chi connectivity index (χ4n) is 2.07. The fraction of sp³-hybridized carbons (Fsp3) is 0.316. The lowest BCUT2D eigenvalue weighted by molar-refractivity contribution is 0.0280. The van der Waals surface area contributed by atoms with Crippen molar-refractivity contribution in [2.45, 2.75) is 19.3 Å². The van der Waals surface area contributed by atoms with Crippen LogP contribution >= 0.6 is 0 Å². The first-order valence-corrected chi connectivity index (χ1v) is 8.00. The van der Waals surface area contributed by atoms with Crippen LogP contribution in [0.2, 0.25) is 0 Å². The van der Waals surface area contributed by atoms with Crippen molar-refractivity contribution >= 4 is 6.09 Å². The van der Waals surface area contributed by atoms with Gasteiger partial charge in [0.1, 0.15) is 12.4 Å². The Labute approximate surface area is 147 Å². The Hall–Kier alpha value is -2.57. The molecule has 0 aromatic heterocycles. The van der Waals surface area contributed by atoms with Crippen molar-refractivity contribution in [1.29, 1.82) is 0 Å². The first kappa shape index (κ1) is 18.8. The van der Waals surface area contributed by atoms with Crippen LogP contribution in [0.5, 0.6) is 5.75 Å². The molecule has 2 aromatic carbocycles. The monoisotopic (exact) mass is 345 g/mol. The Morgan fingerprint density at radius 2 is 1.72 bits per heavy atom. The maximum atomic E-state index is 11.6. The number of aliphatic hydroxyl groups is 1. The molecule has 0 aliphatic heterocycles. The zero-order valence-electron chi connectivity index (χ0n) is 14.2. The van der Waals surface area contributed by atoms with Gasteiger partial charge in [0.25, 0.3) is 0 Å². The van der Waals surface area contributed by atoms with E-state index in [0.29, 0.717) is 6.61 Å². The number of benzene rings is 2. The van der Waals surface area contributed by atoms with E-state index in [1.807, 2.05) is 54.6 Å². The van der Waals surface area contributed by atoms with Crippen molar-refractivity contribution in [3.05, 3.63) is 65.7 Å². The molecule has 0 aliphatic carbocycles. The topological polar surface area (TPSA) is 77.0 Å². The molecule has 0 saturated heterocycles. The Bertz CT molecular complexity index is 630. The van der Waals surface area contributed by atoms with Crippen LogP contribution in [0.25, 0.3) is 0 Å². The molecule has 0 radical (unpaired) electrons. The summed E-state index contributed by atoms with van der Waals surface area (Å²) < 4.78 is 15.6. The molecule has 0 bridgehead atoms. The number of methoxy groups -OCH3 is 1. The molecule has 2 rings (SSSR count). The molecule has 6 heteroatoms. The Morgan fingerprint density at radius 3 is 2.40 bits per heavy atom. The van der Waals surface area contributed by atoms with Gasteiger partial charge in [0, 0.05) is 6.54 Å². The van der Waals surface area contributed by atoms with E-state index in [1.54, 1.807) is 7.11 Å². The van der Waals surface area contributed by atoms with E-state index >= 15 is 0 Å². The maximum absolute atomic E-state index is 11.6. The molecular formula is C19H23NO5. The minimum atomic E-state index is -0.803. The minimum absolute atomic E-state index is 0.0657. The third kappa shape index (κ3) is 7.24. The largest absolute Gasteiger partial charge is 0.497 e. The van der Waals surface area contributed by atoms with Crippen LogP contribution in [-0.2, 0) is 22.7 Å². The van der Waals surface area contributed by atoms with Crippen molar-refractivity contribution in [1.82, 2.24) is 5.32 Å². The standard InChI is InChI=1S/C19H23NO5/c1-23-18-9-7-16(8-10-18)12-24-14-17(21)11-20-19(22)25-13-15-5-3-2-4-6-15/h2-10,17,21H,11-14H2,1H3,(H,20,22). The lowest BCUT2D eigenvalue weighted by Crippen LogP contribution is -2.34. The highest BCUT2D eigenvalue weighted by Gasteiger charge is 2.08. The van der Waals surface area contributed by atoms with Crippen molar-refractivity contribution in [2.24, 2.45) is 0 Å². The molecule has 0 spiro atoms. The number of aliphatic hydroxyl groups excluding tert-OH is 1. The van der Waals surface area contributed by atoms with Crippen LogP contribution in [0.3, 0.4) is 0 Å². The van der Waals surface area contributed by atoms with Crippen LogP contribution in [0.15, 0.2) is 54.6 Å². The number of amides is 1. The SMILES string of the molecule is COc1ccc(COCC(O)CNC(=O)OCc2ccccc2)cc1. The van der Waals surface area contributed by atoms with Gasteiger partial charge in [-0.25, -0.2) is 4.79 Å². The number of rotatable bonds is 9. The molecule has 6 nitrogen and oxygen atoms in total. The van der Waals surface area contributed by atoms with Crippen LogP contribution < -0.4 is 10.1 Å². The van der Waals surface area contributed by atoms with Crippen LogP contribution in [-0.4, -0.2) is 37.6 Å². The van der Waals surface area contributed by atoms with Crippen molar-refractivity contribution < 1.29 is 24.1 Å². The van der Waals surface area contributed by atoms with Gasteiger partial charge in [-0.15, -0.1) is 0 Å². The van der Waals surface area contributed by atoms with Gasteiger partial charge in [0.05, 0.1) is 26.4 Å². The zero-order valence-corrected chi connectivity index (χ0v) is 14.2. The molecule has 0 saturated carbocycles. The molecule has 1 amide bonds. The Morgan fingerprint density at radius 1 is 1.04 bits per heavy atom. The minimum Gasteiger partial charge on any atom is -0.497 e. The lowest BCUT2D eigenvalue weighted by atomic mass is 10.2. The number of nitrogens with one attached hydrogen (secondary N) is 1. The second kappa shape index (κ2) is 10.3. The number of ether oxygens (including phenoxy) is 3. The predicted octanol–water partition coefficient (Wildman–Crippen LogP) is 2.50. The van der Waals surface area contributed by atoms with Gasteiger partial charge in [-0.05, 0) is 23.3 Å². The predicted molar refractivity (Wildman–Crippen MR) is 93.3 cm³/mol. The van der Waals surface area contributed by atoms with E-state index in [9.17, 15) is 9.90 Å². The van der Waals surface area contributed by atoms with Crippen molar-refractivity contribution in [3.63, 3.8) is 0 Å². The number of alkyl carbamates (subject to hydrolysis) is 1. The van der Waals surface area contributed by atoms with E-state index in [2.05, 4.69) is 5.32 Å². The molecule has 0 heterocycles. The summed E-state index contributed by atoms with van der Waals surface area (Å²) in [6.45, 7) is 0.747. The van der Waals surface area contributed by atoms with Gasteiger partial charge in [0.2, 0.25) is 0 Å². The molecule has 0 fully saturated rings. The van der Waals surface area contributed by atoms with Gasteiger partial charge in [0.15, 0.2) is 0 Å². The molecule has 134 valence electrons. The van der Waals surface area contributed by atoms with E-state index in [1.165, 1.54) is 0 Å². The summed E-state index contributed by atoms with van der Waals surface area (Å²) >= 11 is 0. The van der Waals surface area contributed by atoms with Gasteiger partial charge >= 0.3 is 6.09 Å². The van der Waals surface area contributed by atoms with Crippen molar-refractivity contribution in [2.75, 3.05) is 20.3 Å². The zero-order chi connectivity index (χ0) is 17.9. The Kier molecular flexibility index (Phi) is 7.75. The third-order valence-electron chi connectivity index (χ3n) is 3.43. The number of carbonyl (C=O) groups is 1. The van der Waals surface area contributed by atoms with E-state index in [0.717, 1.165) is 16.9 Å². The van der Waals surface area contributed by atoms with Gasteiger partial charge < -0.3 is 24.6 Å². The van der Waals surface area contributed by atoms with E-state index in [-0.39, 0.29) is 19.8 Å². The summed E-state index contributed by atoms with van der Waals surface area (Å²) in [5.41, 5.74) is 1.88. The number of carbonyl (C=O) groups excluding carboxylic acids is 1. The lowest BCUT2D eigenvalue weighted by Gasteiger charge is -2.13. The smallest absolute Gasteiger partial charge is 0.407 e. The summed E-state index contributed by atoms with van der Waals surface area (Å²) in [4.78, 5) is 11.6. The first-order valence-electron chi connectivity index (χ1n) is 8.00. The highest BCUT2D eigenvalue weighted by molar-refractivity contribution is 5.67. The number of hydrogen-bond acceptors (Lipinski definition) is 5. The van der Waals surface area contributed by atoms with Crippen LogP contribution in [0.1, 0.15) is 11.1 Å². The van der Waals surface area contributed by atoms with Crippen molar-refractivity contribution in [3.8, 4) is 5.75 Å². The summed E-state index contributed by atoms with van der Waals surface area (Å²) in [6, 6.07) is 16.9. The molecule has 2 aromatic rings. The molecule has 0 aliphatic rings. The number of hydrogen-bond donors (Lipinski definition) is 2. The summed E-state index contributed by atoms with van der Waals surface area (Å²) in [7, 11) is 1.61. The maximum Gasteiger partial charge on any atom is 0.407 e.